The van der Waals surface area contributed by atoms with Crippen molar-refractivity contribution in [3.8, 4) is 5.75 Å². The average molecular weight is 274 g/mol. The number of methoxy groups -OCH3 is 1. The van der Waals surface area contributed by atoms with Gasteiger partial charge in [-0.15, -0.1) is 0 Å². The van der Waals surface area contributed by atoms with Crippen LogP contribution in [0.1, 0.15) is 5.56 Å². The van der Waals surface area contributed by atoms with Crippen molar-refractivity contribution in [3.63, 3.8) is 0 Å². The summed E-state index contributed by atoms with van der Waals surface area (Å²) in [5, 5.41) is 8.67. The summed E-state index contributed by atoms with van der Waals surface area (Å²) >= 11 is 3.31. The molecule has 4 nitrogen and oxygen atoms in total. The van der Waals surface area contributed by atoms with Gasteiger partial charge in [0.2, 0.25) is 0 Å². The molecule has 0 radical (unpaired) electrons. The third-order valence-corrected chi connectivity index (χ3v) is 2.40. The highest BCUT2D eigenvalue weighted by Crippen LogP contribution is 2.21. The Bertz CT molecular complexity index is 368. The van der Waals surface area contributed by atoms with Gasteiger partial charge in [-0.2, -0.15) is 0 Å². The first kappa shape index (κ1) is 12.0. The van der Waals surface area contributed by atoms with Crippen molar-refractivity contribution in [2.45, 2.75) is 12.5 Å². The summed E-state index contributed by atoms with van der Waals surface area (Å²) in [4.78, 5) is 10.6. The number of ether oxygens (including phenoxy) is 1. The van der Waals surface area contributed by atoms with Crippen LogP contribution < -0.4 is 10.5 Å². The first-order valence-corrected chi connectivity index (χ1v) is 5.14. The molecule has 0 saturated heterocycles. The SMILES string of the molecule is COc1cc(Br)cc(C[C@H](N)C(=O)O)c1. The molecule has 0 bridgehead atoms. The molecule has 0 fully saturated rings. The highest BCUT2D eigenvalue weighted by molar-refractivity contribution is 9.10. The van der Waals surface area contributed by atoms with E-state index in [1.54, 1.807) is 19.2 Å². The Hall–Kier alpha value is -1.07. The lowest BCUT2D eigenvalue weighted by Gasteiger charge is -2.08. The first-order valence-electron chi connectivity index (χ1n) is 4.34. The molecule has 0 unspecified atom stereocenters. The molecule has 1 rings (SSSR count). The molecule has 1 atom stereocenters. The Morgan fingerprint density at radius 3 is 2.80 bits per heavy atom. The average Bonchev–Trinajstić information content (AvgIpc) is 2.16. The quantitative estimate of drug-likeness (QED) is 0.870. The number of benzene rings is 1. The molecule has 0 aromatic heterocycles. The van der Waals surface area contributed by atoms with Gasteiger partial charge < -0.3 is 15.6 Å². The van der Waals surface area contributed by atoms with E-state index in [1.807, 2.05) is 6.07 Å². The fraction of sp³-hybridized carbons (Fsp3) is 0.300. The number of nitrogens with two attached hydrogens (primary N) is 1. The number of carboxylic acid groups (broad SMARTS) is 1. The smallest absolute Gasteiger partial charge is 0.320 e. The standard InChI is InChI=1S/C10H12BrNO3/c1-15-8-3-6(2-7(11)5-8)4-9(12)10(13)14/h2-3,5,9H,4,12H2,1H3,(H,13,14)/t9-/m0/s1. The van der Waals surface area contributed by atoms with Crippen molar-refractivity contribution in [1.82, 2.24) is 0 Å². The summed E-state index contributed by atoms with van der Waals surface area (Å²) in [5.74, 6) is -0.328. The summed E-state index contributed by atoms with van der Waals surface area (Å²) in [6, 6.07) is 4.51. The molecule has 0 aliphatic rings. The van der Waals surface area contributed by atoms with Gasteiger partial charge in [0.15, 0.2) is 0 Å². The molecular formula is C10H12BrNO3. The van der Waals surface area contributed by atoms with E-state index < -0.39 is 12.0 Å². The van der Waals surface area contributed by atoms with Crippen LogP contribution in [0.5, 0.6) is 5.75 Å². The normalized spacial score (nSPS) is 12.2. The lowest BCUT2D eigenvalue weighted by atomic mass is 10.1. The fourth-order valence-electron chi connectivity index (χ4n) is 1.20. The molecule has 5 heteroatoms. The van der Waals surface area contributed by atoms with Gasteiger partial charge in [-0.25, -0.2) is 0 Å². The van der Waals surface area contributed by atoms with E-state index in [4.69, 9.17) is 15.6 Å². The minimum absolute atomic E-state index is 0.283. The Morgan fingerprint density at radius 2 is 2.27 bits per heavy atom. The molecule has 0 amide bonds. The molecule has 1 aromatic rings. The number of hydrogen-bond donors (Lipinski definition) is 2. The van der Waals surface area contributed by atoms with Gasteiger partial charge in [0, 0.05) is 4.47 Å². The third kappa shape index (κ3) is 3.53. The fourth-order valence-corrected chi connectivity index (χ4v) is 1.72. The van der Waals surface area contributed by atoms with Crippen LogP contribution in [-0.2, 0) is 11.2 Å². The van der Waals surface area contributed by atoms with Crippen molar-refractivity contribution in [2.24, 2.45) is 5.73 Å². The second-order valence-corrected chi connectivity index (χ2v) is 4.06. The molecule has 1 aromatic carbocycles. The number of carbonyl (C=O) groups is 1. The van der Waals surface area contributed by atoms with Crippen LogP contribution in [0.4, 0.5) is 0 Å². The molecule has 0 saturated carbocycles. The molecule has 0 spiro atoms. The molecule has 0 heterocycles. The first-order chi connectivity index (χ1) is 7.02. The van der Waals surface area contributed by atoms with Crippen LogP contribution in [0.2, 0.25) is 0 Å². The van der Waals surface area contributed by atoms with Crippen LogP contribution in [-0.4, -0.2) is 24.2 Å². The largest absolute Gasteiger partial charge is 0.497 e. The van der Waals surface area contributed by atoms with Crippen LogP contribution >= 0.6 is 15.9 Å². The Balaban J connectivity index is 2.85. The van der Waals surface area contributed by atoms with E-state index in [9.17, 15) is 4.79 Å². The minimum atomic E-state index is -1.01. The maximum absolute atomic E-state index is 10.6. The van der Waals surface area contributed by atoms with Crippen molar-refractivity contribution in [1.29, 1.82) is 0 Å². The highest BCUT2D eigenvalue weighted by Gasteiger charge is 2.12. The van der Waals surface area contributed by atoms with Gasteiger partial charge in [0.1, 0.15) is 11.8 Å². The summed E-state index contributed by atoms with van der Waals surface area (Å²) < 4.78 is 5.90. The van der Waals surface area contributed by atoms with Crippen LogP contribution in [0.15, 0.2) is 22.7 Å². The Morgan fingerprint density at radius 1 is 1.60 bits per heavy atom. The van der Waals surface area contributed by atoms with Gasteiger partial charge in [-0.1, -0.05) is 15.9 Å². The molecular weight excluding hydrogens is 262 g/mol. The zero-order chi connectivity index (χ0) is 11.4. The summed E-state index contributed by atoms with van der Waals surface area (Å²) in [6.07, 6.45) is 0.283. The highest BCUT2D eigenvalue weighted by atomic mass is 79.9. The third-order valence-electron chi connectivity index (χ3n) is 1.94. The predicted molar refractivity (Wildman–Crippen MR) is 60.0 cm³/mol. The van der Waals surface area contributed by atoms with Crippen molar-refractivity contribution >= 4 is 21.9 Å². The number of halogens is 1. The lowest BCUT2D eigenvalue weighted by Crippen LogP contribution is -2.32. The molecule has 15 heavy (non-hydrogen) atoms. The monoisotopic (exact) mass is 273 g/mol. The lowest BCUT2D eigenvalue weighted by molar-refractivity contribution is -0.138. The summed E-state index contributed by atoms with van der Waals surface area (Å²) in [7, 11) is 1.56. The predicted octanol–water partition coefficient (Wildman–Crippen LogP) is 1.41. The van der Waals surface area contributed by atoms with Crippen LogP contribution in [0, 0.1) is 0 Å². The van der Waals surface area contributed by atoms with E-state index in [1.165, 1.54) is 0 Å². The van der Waals surface area contributed by atoms with Gasteiger partial charge in [0.25, 0.3) is 0 Å². The van der Waals surface area contributed by atoms with E-state index in [0.29, 0.717) is 5.75 Å². The minimum Gasteiger partial charge on any atom is -0.497 e. The number of carboxylic acids is 1. The maximum atomic E-state index is 10.6. The maximum Gasteiger partial charge on any atom is 0.320 e. The van der Waals surface area contributed by atoms with Gasteiger partial charge in [0.05, 0.1) is 7.11 Å². The van der Waals surface area contributed by atoms with Crippen molar-refractivity contribution < 1.29 is 14.6 Å². The number of aliphatic carboxylic acids is 1. The van der Waals surface area contributed by atoms with Crippen LogP contribution in [0.25, 0.3) is 0 Å². The molecule has 82 valence electrons. The number of rotatable bonds is 4. The van der Waals surface area contributed by atoms with Gasteiger partial charge >= 0.3 is 5.97 Å². The topological polar surface area (TPSA) is 72.5 Å². The van der Waals surface area contributed by atoms with E-state index in [0.717, 1.165) is 10.0 Å². The Kier molecular flexibility index (Phi) is 4.11. The molecule has 0 aliphatic heterocycles. The second kappa shape index (κ2) is 5.14. The summed E-state index contributed by atoms with van der Waals surface area (Å²) in [5.41, 5.74) is 6.26. The molecule has 0 aliphatic carbocycles. The Labute approximate surface area is 96.2 Å². The second-order valence-electron chi connectivity index (χ2n) is 3.15. The van der Waals surface area contributed by atoms with E-state index in [-0.39, 0.29) is 6.42 Å². The van der Waals surface area contributed by atoms with E-state index in [2.05, 4.69) is 15.9 Å². The molecule has 3 N–H and O–H groups in total. The van der Waals surface area contributed by atoms with E-state index >= 15 is 0 Å². The van der Waals surface area contributed by atoms with Gasteiger partial charge in [-0.05, 0) is 30.2 Å². The summed E-state index contributed by atoms with van der Waals surface area (Å²) in [6.45, 7) is 0. The zero-order valence-electron chi connectivity index (χ0n) is 8.24. The zero-order valence-corrected chi connectivity index (χ0v) is 9.82. The van der Waals surface area contributed by atoms with Crippen molar-refractivity contribution in [2.75, 3.05) is 7.11 Å². The van der Waals surface area contributed by atoms with Gasteiger partial charge in [-0.3, -0.25) is 4.79 Å². The van der Waals surface area contributed by atoms with Crippen LogP contribution in [0.3, 0.4) is 0 Å². The van der Waals surface area contributed by atoms with Crippen molar-refractivity contribution in [3.05, 3.63) is 28.2 Å². The number of hydrogen-bond acceptors (Lipinski definition) is 3.